The van der Waals surface area contributed by atoms with Crippen LogP contribution in [0.5, 0.6) is 0 Å². The minimum absolute atomic E-state index is 0.268. The Balaban J connectivity index is 1.47. The van der Waals surface area contributed by atoms with Crippen LogP contribution in [0, 0.1) is 5.82 Å². The van der Waals surface area contributed by atoms with Crippen LogP contribution in [-0.4, -0.2) is 35.2 Å². The number of para-hydroxylation sites is 1. The van der Waals surface area contributed by atoms with Crippen molar-refractivity contribution in [3.8, 4) is 0 Å². The molecule has 1 saturated heterocycles. The number of nitrogens with zero attached hydrogens (tertiary/aromatic N) is 1. The molecular formula is C20H16FN3O3. The Hall–Kier alpha value is -3.48. The lowest BCUT2D eigenvalue weighted by Gasteiger charge is -2.17. The van der Waals surface area contributed by atoms with Crippen LogP contribution in [0.1, 0.15) is 16.8 Å². The summed E-state index contributed by atoms with van der Waals surface area (Å²) >= 11 is 0. The number of amides is 2. The van der Waals surface area contributed by atoms with Gasteiger partial charge in [0.25, 0.3) is 11.7 Å². The summed E-state index contributed by atoms with van der Waals surface area (Å²) < 4.78 is 13.1. The van der Waals surface area contributed by atoms with E-state index in [1.165, 1.54) is 35.4 Å². The van der Waals surface area contributed by atoms with Crippen LogP contribution in [0.25, 0.3) is 10.9 Å². The van der Waals surface area contributed by atoms with E-state index in [1.807, 2.05) is 12.1 Å². The van der Waals surface area contributed by atoms with Gasteiger partial charge in [-0.05, 0) is 36.8 Å². The molecule has 1 unspecified atom stereocenters. The standard InChI is InChI=1S/C20H16FN3O3/c21-12-5-7-13(8-6-12)24-10-9-17(20(24)27)23-19(26)18(25)15-11-22-16-4-2-1-3-14(15)16/h1-8,11,17,22H,9-10H2,(H,23,26). The molecule has 0 radical (unpaired) electrons. The number of hydrogen-bond donors (Lipinski definition) is 2. The molecule has 4 rings (SSSR count). The summed E-state index contributed by atoms with van der Waals surface area (Å²) in [5.74, 6) is -2.22. The van der Waals surface area contributed by atoms with Crippen molar-refractivity contribution < 1.29 is 18.8 Å². The van der Waals surface area contributed by atoms with Crippen molar-refractivity contribution in [2.75, 3.05) is 11.4 Å². The number of Topliss-reactive ketones (excluding diaryl/α,β-unsaturated/α-hetero) is 1. The van der Waals surface area contributed by atoms with Gasteiger partial charge in [-0.2, -0.15) is 0 Å². The van der Waals surface area contributed by atoms with Crippen molar-refractivity contribution in [2.24, 2.45) is 0 Å². The largest absolute Gasteiger partial charge is 0.360 e. The summed E-state index contributed by atoms with van der Waals surface area (Å²) in [6, 6.07) is 12.0. The Kier molecular flexibility index (Phi) is 4.19. The number of aromatic nitrogens is 1. The number of fused-ring (bicyclic) bond motifs is 1. The maximum Gasteiger partial charge on any atom is 0.293 e. The molecule has 6 nitrogen and oxygen atoms in total. The maximum absolute atomic E-state index is 13.1. The van der Waals surface area contributed by atoms with E-state index in [9.17, 15) is 18.8 Å². The van der Waals surface area contributed by atoms with Crippen LogP contribution in [0.3, 0.4) is 0 Å². The van der Waals surface area contributed by atoms with Gasteiger partial charge in [-0.15, -0.1) is 0 Å². The van der Waals surface area contributed by atoms with Crippen molar-refractivity contribution in [1.29, 1.82) is 0 Å². The highest BCUT2D eigenvalue weighted by molar-refractivity contribution is 6.45. The van der Waals surface area contributed by atoms with Gasteiger partial charge in [0.05, 0.1) is 5.56 Å². The third-order valence-electron chi connectivity index (χ3n) is 4.69. The highest BCUT2D eigenvalue weighted by Gasteiger charge is 2.35. The van der Waals surface area contributed by atoms with Crippen molar-refractivity contribution in [2.45, 2.75) is 12.5 Å². The molecule has 7 heteroatoms. The summed E-state index contributed by atoms with van der Waals surface area (Å²) in [5.41, 5.74) is 1.58. The third-order valence-corrected chi connectivity index (χ3v) is 4.69. The summed E-state index contributed by atoms with van der Waals surface area (Å²) in [5, 5.41) is 3.18. The summed E-state index contributed by atoms with van der Waals surface area (Å²) in [6.45, 7) is 0.386. The zero-order valence-electron chi connectivity index (χ0n) is 14.2. The second-order valence-corrected chi connectivity index (χ2v) is 6.36. The Morgan fingerprint density at radius 3 is 2.63 bits per heavy atom. The predicted octanol–water partition coefficient (Wildman–Crippen LogP) is 2.41. The fourth-order valence-electron chi connectivity index (χ4n) is 3.30. The molecule has 2 amide bonds. The Labute approximate surface area is 154 Å². The quantitative estimate of drug-likeness (QED) is 0.550. The number of benzene rings is 2. The van der Waals surface area contributed by atoms with Crippen molar-refractivity contribution in [3.63, 3.8) is 0 Å². The number of halogens is 1. The zero-order chi connectivity index (χ0) is 19.0. The van der Waals surface area contributed by atoms with Crippen LogP contribution in [0.15, 0.2) is 54.7 Å². The molecule has 0 saturated carbocycles. The average Bonchev–Trinajstić information content (AvgIpc) is 3.26. The number of aromatic amines is 1. The molecular weight excluding hydrogens is 349 g/mol. The van der Waals surface area contributed by atoms with Gasteiger partial charge in [-0.25, -0.2) is 4.39 Å². The topological polar surface area (TPSA) is 82.3 Å². The van der Waals surface area contributed by atoms with E-state index in [2.05, 4.69) is 10.3 Å². The van der Waals surface area contributed by atoms with Crippen LogP contribution in [0.2, 0.25) is 0 Å². The molecule has 3 aromatic rings. The van der Waals surface area contributed by atoms with E-state index in [1.54, 1.807) is 12.1 Å². The van der Waals surface area contributed by atoms with Crippen molar-refractivity contribution >= 4 is 34.2 Å². The molecule has 0 spiro atoms. The Morgan fingerprint density at radius 1 is 1.11 bits per heavy atom. The first-order chi connectivity index (χ1) is 13.0. The van der Waals surface area contributed by atoms with Gasteiger partial charge in [-0.3, -0.25) is 14.4 Å². The molecule has 1 atom stereocenters. The van der Waals surface area contributed by atoms with Gasteiger partial charge < -0.3 is 15.2 Å². The predicted molar refractivity (Wildman–Crippen MR) is 97.9 cm³/mol. The zero-order valence-corrected chi connectivity index (χ0v) is 14.2. The van der Waals surface area contributed by atoms with Gasteiger partial charge in [0.15, 0.2) is 0 Å². The Morgan fingerprint density at radius 2 is 1.85 bits per heavy atom. The molecule has 27 heavy (non-hydrogen) atoms. The molecule has 1 aliphatic heterocycles. The van der Waals surface area contributed by atoms with Gasteiger partial charge >= 0.3 is 0 Å². The van der Waals surface area contributed by atoms with Crippen LogP contribution in [0.4, 0.5) is 10.1 Å². The first kappa shape index (κ1) is 17.0. The monoisotopic (exact) mass is 365 g/mol. The number of carbonyl (C=O) groups is 3. The van der Waals surface area contributed by atoms with E-state index in [4.69, 9.17) is 0 Å². The lowest BCUT2D eigenvalue weighted by molar-refractivity contribution is -0.124. The second-order valence-electron chi connectivity index (χ2n) is 6.36. The van der Waals surface area contributed by atoms with Crippen LogP contribution >= 0.6 is 0 Å². The maximum atomic E-state index is 13.1. The van der Waals surface area contributed by atoms with Gasteiger partial charge in [0, 0.05) is 29.3 Å². The first-order valence-electron chi connectivity index (χ1n) is 8.53. The third kappa shape index (κ3) is 3.08. The highest BCUT2D eigenvalue weighted by atomic mass is 19.1. The fourth-order valence-corrected chi connectivity index (χ4v) is 3.30. The molecule has 2 heterocycles. The summed E-state index contributed by atoms with van der Waals surface area (Å²) in [4.78, 5) is 41.9. The molecule has 0 bridgehead atoms. The minimum Gasteiger partial charge on any atom is -0.360 e. The van der Waals surface area contributed by atoms with E-state index in [0.29, 0.717) is 24.0 Å². The number of hydrogen-bond acceptors (Lipinski definition) is 3. The first-order valence-corrected chi connectivity index (χ1v) is 8.53. The van der Waals surface area contributed by atoms with Crippen molar-refractivity contribution in [1.82, 2.24) is 10.3 Å². The molecule has 2 N–H and O–H groups in total. The van der Waals surface area contributed by atoms with E-state index in [0.717, 1.165) is 5.52 Å². The van der Waals surface area contributed by atoms with E-state index < -0.39 is 17.7 Å². The Bertz CT molecular complexity index is 1040. The number of nitrogens with one attached hydrogen (secondary N) is 2. The van der Waals surface area contributed by atoms with Gasteiger partial charge in [0.1, 0.15) is 11.9 Å². The fraction of sp³-hybridized carbons (Fsp3) is 0.150. The lowest BCUT2D eigenvalue weighted by Crippen LogP contribution is -2.44. The molecule has 1 aromatic heterocycles. The highest BCUT2D eigenvalue weighted by Crippen LogP contribution is 2.22. The smallest absolute Gasteiger partial charge is 0.293 e. The molecule has 0 aliphatic carbocycles. The summed E-state index contributed by atoms with van der Waals surface area (Å²) in [6.07, 6.45) is 1.87. The second kappa shape index (κ2) is 6.68. The number of H-pyrrole nitrogens is 1. The summed E-state index contributed by atoms with van der Waals surface area (Å²) in [7, 11) is 0. The van der Waals surface area contributed by atoms with Crippen molar-refractivity contribution in [3.05, 3.63) is 66.1 Å². The van der Waals surface area contributed by atoms with Gasteiger partial charge in [0.2, 0.25) is 5.91 Å². The normalized spacial score (nSPS) is 16.7. The number of ketones is 1. The lowest BCUT2D eigenvalue weighted by atomic mass is 10.1. The number of anilines is 1. The minimum atomic E-state index is -0.820. The molecule has 136 valence electrons. The SMILES string of the molecule is O=C(NC1CCN(c2ccc(F)cc2)C1=O)C(=O)c1c[nH]c2ccccc12. The average molecular weight is 365 g/mol. The molecule has 1 aliphatic rings. The van der Waals surface area contributed by atoms with E-state index >= 15 is 0 Å². The van der Waals surface area contributed by atoms with Gasteiger partial charge in [-0.1, -0.05) is 18.2 Å². The van der Waals surface area contributed by atoms with Crippen LogP contribution in [-0.2, 0) is 9.59 Å². The number of rotatable bonds is 4. The molecule has 1 fully saturated rings. The van der Waals surface area contributed by atoms with E-state index in [-0.39, 0.29) is 17.3 Å². The van der Waals surface area contributed by atoms with Crippen LogP contribution < -0.4 is 10.2 Å². The number of carbonyl (C=O) groups excluding carboxylic acids is 3. The molecule has 2 aromatic carbocycles.